The number of carbonyl (C=O) groups excluding carboxylic acids is 1. The van der Waals surface area contributed by atoms with E-state index in [1.54, 1.807) is 0 Å². The van der Waals surface area contributed by atoms with Crippen LogP contribution in [0.3, 0.4) is 0 Å². The van der Waals surface area contributed by atoms with Gasteiger partial charge in [0, 0.05) is 13.2 Å². The Balaban J connectivity index is 0.939. The molecule has 5 fully saturated rings. The van der Waals surface area contributed by atoms with Crippen LogP contribution in [0.1, 0.15) is 80.0 Å². The summed E-state index contributed by atoms with van der Waals surface area (Å²) in [5.41, 5.74) is 4.65. The zero-order valence-electron chi connectivity index (χ0n) is 34.6. The van der Waals surface area contributed by atoms with E-state index in [4.69, 9.17) is 23.7 Å². The first kappa shape index (κ1) is 41.8. The van der Waals surface area contributed by atoms with E-state index >= 15 is 0 Å². The lowest BCUT2D eigenvalue weighted by molar-refractivity contribution is -0.196. The molecule has 4 aromatic carbocycles. The molecule has 0 unspecified atom stereocenters. The Morgan fingerprint density at radius 1 is 0.559 bits per heavy atom. The fourth-order valence-electron chi connectivity index (χ4n) is 10.7. The van der Waals surface area contributed by atoms with Crippen molar-refractivity contribution < 1.29 is 28.5 Å². The van der Waals surface area contributed by atoms with Crippen LogP contribution in [0.25, 0.3) is 0 Å². The maximum atomic E-state index is 14.4. The van der Waals surface area contributed by atoms with E-state index in [2.05, 4.69) is 47.0 Å². The molecule has 8 heteroatoms. The third-order valence-electron chi connectivity index (χ3n) is 13.2. The molecule has 1 saturated heterocycles. The summed E-state index contributed by atoms with van der Waals surface area (Å²) in [6.07, 6.45) is 9.71. The molecular weight excluding hydrogens is 737 g/mol. The highest BCUT2D eigenvalue weighted by Gasteiger charge is 2.51. The molecule has 5 atom stereocenters. The molecule has 314 valence electrons. The zero-order chi connectivity index (χ0) is 40.1. The summed E-state index contributed by atoms with van der Waals surface area (Å²) >= 11 is 0. The molecule has 5 aliphatic rings. The third-order valence-corrected chi connectivity index (χ3v) is 13.2. The van der Waals surface area contributed by atoms with Crippen LogP contribution < -0.4 is 10.6 Å². The Morgan fingerprint density at radius 2 is 1.03 bits per heavy atom. The van der Waals surface area contributed by atoms with Gasteiger partial charge >= 0.3 is 0 Å². The number of ether oxygens (including phenoxy) is 5. The van der Waals surface area contributed by atoms with Gasteiger partial charge in [-0.25, -0.2) is 0 Å². The molecule has 1 heterocycles. The van der Waals surface area contributed by atoms with Gasteiger partial charge in [-0.2, -0.15) is 0 Å². The lowest BCUT2D eigenvalue weighted by atomic mass is 9.50. The van der Waals surface area contributed by atoms with Crippen molar-refractivity contribution in [3.05, 3.63) is 144 Å². The van der Waals surface area contributed by atoms with E-state index in [0.717, 1.165) is 72.5 Å². The first-order valence-electron chi connectivity index (χ1n) is 22.3. The smallest absolute Gasteiger partial charge is 0.239 e. The lowest BCUT2D eigenvalue weighted by Gasteiger charge is -2.56. The number of piperidine rings is 1. The summed E-state index contributed by atoms with van der Waals surface area (Å²) in [6, 6.07) is 39.5. The monoisotopic (exact) mass is 800 g/mol. The van der Waals surface area contributed by atoms with Crippen LogP contribution in [0.4, 0.5) is 0 Å². The molecule has 4 aromatic rings. The first-order valence-corrected chi connectivity index (χ1v) is 22.3. The van der Waals surface area contributed by atoms with E-state index in [9.17, 15) is 4.79 Å². The number of carbonyl (C=O) groups is 1. The second-order valence-corrected chi connectivity index (χ2v) is 17.9. The van der Waals surface area contributed by atoms with Gasteiger partial charge in [0.1, 0.15) is 24.4 Å². The van der Waals surface area contributed by atoms with Crippen LogP contribution in [-0.4, -0.2) is 62.7 Å². The van der Waals surface area contributed by atoms with Gasteiger partial charge in [0.05, 0.1) is 45.7 Å². The number of rotatable bonds is 22. The molecule has 4 saturated carbocycles. The van der Waals surface area contributed by atoms with E-state index in [1.165, 1.54) is 38.5 Å². The van der Waals surface area contributed by atoms with E-state index in [1.807, 2.05) is 84.9 Å². The van der Waals surface area contributed by atoms with Gasteiger partial charge in [0.25, 0.3) is 0 Å². The molecule has 2 N–H and O–H groups in total. The summed E-state index contributed by atoms with van der Waals surface area (Å²) in [6.45, 7) is 4.12. The van der Waals surface area contributed by atoms with Gasteiger partial charge < -0.3 is 29.0 Å². The number of amides is 1. The van der Waals surface area contributed by atoms with Gasteiger partial charge in [0.15, 0.2) is 0 Å². The van der Waals surface area contributed by atoms with Crippen molar-refractivity contribution in [2.24, 2.45) is 23.2 Å². The maximum absolute atomic E-state index is 14.4. The number of hydrogen-bond acceptors (Lipinski definition) is 7. The summed E-state index contributed by atoms with van der Waals surface area (Å²) in [5, 5.41) is 6.95. The summed E-state index contributed by atoms with van der Waals surface area (Å²) in [5.74, 6) is 2.74. The Bertz CT molecular complexity index is 1790. The van der Waals surface area contributed by atoms with Crippen molar-refractivity contribution in [3.63, 3.8) is 0 Å². The number of unbranched alkanes of at least 4 members (excludes halogenated alkanes) is 2. The second kappa shape index (κ2) is 21.1. The average Bonchev–Trinajstić information content (AvgIpc) is 3.26. The molecular formula is C51H64N2O6. The van der Waals surface area contributed by atoms with Gasteiger partial charge in [0.2, 0.25) is 5.91 Å². The van der Waals surface area contributed by atoms with Crippen molar-refractivity contribution >= 4 is 5.91 Å². The molecule has 0 aromatic heterocycles. The Morgan fingerprint density at radius 3 is 1.56 bits per heavy atom. The van der Waals surface area contributed by atoms with Crippen LogP contribution in [0, 0.1) is 23.2 Å². The highest BCUT2D eigenvalue weighted by atomic mass is 16.6. The molecule has 4 aliphatic carbocycles. The Labute approximate surface area is 351 Å². The van der Waals surface area contributed by atoms with Crippen LogP contribution in [0.15, 0.2) is 121 Å². The summed E-state index contributed by atoms with van der Waals surface area (Å²) < 4.78 is 33.2. The maximum Gasteiger partial charge on any atom is 0.239 e. The normalized spacial score (nSPS) is 28.4. The molecule has 0 radical (unpaired) electrons. The van der Waals surface area contributed by atoms with Crippen LogP contribution in [0.2, 0.25) is 0 Å². The standard InChI is InChI=1S/C51H64N2O6/c54-50(52-24-14-5-15-25-55-37-51-29-42-26-43(30-51)28-44(27-42)31-51)46-48(58-34-40-20-10-3-11-21-40)49(59-35-41-22-12-4-13-23-41)47(57-33-39-18-8-2-9-19-39)45(53-46)36-56-32-38-16-6-1-7-17-38/h1-4,6-13,16-23,42-49,53H,5,14-15,24-37H2,(H,52,54)/t42?,43?,44?,45-,46+,47+,48-,49-,51?/m0/s1. The Hall–Kier alpha value is -3.89. The number of benzene rings is 4. The topological polar surface area (TPSA) is 87.3 Å². The van der Waals surface area contributed by atoms with E-state index < -0.39 is 24.4 Å². The predicted octanol–water partition coefficient (Wildman–Crippen LogP) is 8.82. The van der Waals surface area contributed by atoms with Crippen molar-refractivity contribution in [1.82, 2.24) is 10.6 Å². The number of nitrogens with one attached hydrogen (secondary N) is 2. The highest BCUT2D eigenvalue weighted by molar-refractivity contribution is 5.82. The second-order valence-electron chi connectivity index (χ2n) is 17.9. The van der Waals surface area contributed by atoms with Crippen LogP contribution in [-0.2, 0) is 54.9 Å². The molecule has 9 rings (SSSR count). The van der Waals surface area contributed by atoms with E-state index in [0.29, 0.717) is 45.0 Å². The highest BCUT2D eigenvalue weighted by Crippen LogP contribution is 2.60. The number of hydrogen-bond donors (Lipinski definition) is 2. The minimum Gasteiger partial charge on any atom is -0.381 e. The first-order chi connectivity index (χ1) is 29.1. The molecule has 4 bridgehead atoms. The minimum absolute atomic E-state index is 0.107. The SMILES string of the molecule is O=C(NCCCCCOCC12CC3CC(CC(C3)C1)C2)[C@@H]1N[C@@H](COCc2ccccc2)[C@@H](OCc2ccccc2)[C@H](OCc2ccccc2)[C@H]1OCc1ccccc1. The van der Waals surface area contributed by atoms with Crippen molar-refractivity contribution in [2.75, 3.05) is 26.4 Å². The van der Waals surface area contributed by atoms with Crippen LogP contribution >= 0.6 is 0 Å². The summed E-state index contributed by atoms with van der Waals surface area (Å²) in [4.78, 5) is 14.4. The summed E-state index contributed by atoms with van der Waals surface area (Å²) in [7, 11) is 0. The lowest BCUT2D eigenvalue weighted by Crippen LogP contribution is -2.71. The van der Waals surface area contributed by atoms with Gasteiger partial charge in [-0.15, -0.1) is 0 Å². The molecule has 1 amide bonds. The quantitative estimate of drug-likeness (QED) is 0.0769. The average molecular weight is 801 g/mol. The van der Waals surface area contributed by atoms with Crippen molar-refractivity contribution in [2.45, 2.75) is 115 Å². The van der Waals surface area contributed by atoms with Gasteiger partial charge in [-0.3, -0.25) is 10.1 Å². The molecule has 0 spiro atoms. The van der Waals surface area contributed by atoms with E-state index in [-0.39, 0.29) is 11.9 Å². The Kier molecular flexibility index (Phi) is 14.9. The largest absolute Gasteiger partial charge is 0.381 e. The van der Waals surface area contributed by atoms with Gasteiger partial charge in [-0.05, 0) is 103 Å². The van der Waals surface area contributed by atoms with Crippen LogP contribution in [0.5, 0.6) is 0 Å². The van der Waals surface area contributed by atoms with Gasteiger partial charge in [-0.1, -0.05) is 121 Å². The predicted molar refractivity (Wildman–Crippen MR) is 230 cm³/mol. The minimum atomic E-state index is -0.704. The van der Waals surface area contributed by atoms with Crippen molar-refractivity contribution in [1.29, 1.82) is 0 Å². The zero-order valence-corrected chi connectivity index (χ0v) is 34.6. The molecule has 1 aliphatic heterocycles. The molecule has 8 nitrogen and oxygen atoms in total. The van der Waals surface area contributed by atoms with Crippen molar-refractivity contribution in [3.8, 4) is 0 Å². The fraction of sp³-hybridized carbons (Fsp3) is 0.510. The fourth-order valence-corrected chi connectivity index (χ4v) is 10.7. The third kappa shape index (κ3) is 11.7. The molecule has 59 heavy (non-hydrogen) atoms.